The van der Waals surface area contributed by atoms with E-state index < -0.39 is 0 Å². The number of rotatable bonds is 1. The van der Waals surface area contributed by atoms with Crippen LogP contribution in [0.1, 0.15) is 10.4 Å². The Morgan fingerprint density at radius 2 is 2.25 bits per heavy atom. The van der Waals surface area contributed by atoms with Crippen LogP contribution in [0, 0.1) is 0 Å². The van der Waals surface area contributed by atoms with Gasteiger partial charge in [-0.25, -0.2) is 0 Å². The lowest BCUT2D eigenvalue weighted by Crippen LogP contribution is -1.74. The third-order valence-corrected chi connectivity index (χ3v) is 1.73. The van der Waals surface area contributed by atoms with Crippen LogP contribution < -0.4 is 0 Å². The Morgan fingerprint density at radius 3 is 3.00 bits per heavy atom. The Bertz CT molecular complexity index is 428. The van der Waals surface area contributed by atoms with Gasteiger partial charge in [-0.3, -0.25) is 4.79 Å². The van der Waals surface area contributed by atoms with E-state index in [2.05, 4.69) is 0 Å². The van der Waals surface area contributed by atoms with E-state index in [1.807, 2.05) is 0 Å². The van der Waals surface area contributed by atoms with Gasteiger partial charge in [0.05, 0.1) is 10.9 Å². The highest BCUT2D eigenvalue weighted by Gasteiger charge is 2.07. The summed E-state index contributed by atoms with van der Waals surface area (Å²) in [6.45, 7) is 0. The molecular weight excluding hydrogens is 156 g/mol. The monoisotopic (exact) mass is 162 g/mol. The maximum Gasteiger partial charge on any atom is 0.154 e. The minimum atomic E-state index is 0.0725. The lowest BCUT2D eigenvalue weighted by atomic mass is 10.2. The van der Waals surface area contributed by atoms with Crippen molar-refractivity contribution in [2.75, 3.05) is 0 Å². The van der Waals surface area contributed by atoms with Gasteiger partial charge in [-0.2, -0.15) is 0 Å². The van der Waals surface area contributed by atoms with Gasteiger partial charge in [0.25, 0.3) is 0 Å². The highest BCUT2D eigenvalue weighted by atomic mass is 16.3. The molecule has 1 aromatic carbocycles. The van der Waals surface area contributed by atoms with Gasteiger partial charge in [-0.05, 0) is 12.1 Å². The number of phenols is 1. The predicted molar refractivity (Wildman–Crippen MR) is 43.3 cm³/mol. The second kappa shape index (κ2) is 2.37. The van der Waals surface area contributed by atoms with Gasteiger partial charge >= 0.3 is 0 Å². The molecule has 2 aromatic rings. The maximum absolute atomic E-state index is 10.5. The standard InChI is InChI=1S/C9H6O3/c10-4-6-5-12-8-3-1-2-7(11)9(6)8/h1-5,11H. The van der Waals surface area contributed by atoms with Crippen molar-refractivity contribution in [2.45, 2.75) is 0 Å². The van der Waals surface area contributed by atoms with Crippen molar-refractivity contribution in [2.24, 2.45) is 0 Å². The predicted octanol–water partition coefficient (Wildman–Crippen LogP) is 1.95. The van der Waals surface area contributed by atoms with E-state index in [1.165, 1.54) is 12.3 Å². The molecule has 12 heavy (non-hydrogen) atoms. The van der Waals surface area contributed by atoms with Crippen molar-refractivity contribution >= 4 is 17.3 Å². The molecule has 0 bridgehead atoms. The van der Waals surface area contributed by atoms with E-state index >= 15 is 0 Å². The van der Waals surface area contributed by atoms with Crippen molar-refractivity contribution in [3.8, 4) is 5.75 Å². The van der Waals surface area contributed by atoms with Crippen LogP contribution >= 0.6 is 0 Å². The lowest BCUT2D eigenvalue weighted by Gasteiger charge is -1.92. The molecule has 1 N–H and O–H groups in total. The van der Waals surface area contributed by atoms with E-state index in [1.54, 1.807) is 12.1 Å². The number of phenolic OH excluding ortho intramolecular Hbond substituents is 1. The molecule has 0 amide bonds. The quantitative estimate of drug-likeness (QED) is 0.652. The number of hydrogen-bond donors (Lipinski definition) is 1. The molecule has 0 fully saturated rings. The summed E-state index contributed by atoms with van der Waals surface area (Å²) in [7, 11) is 0. The highest BCUT2D eigenvalue weighted by Crippen LogP contribution is 2.28. The highest BCUT2D eigenvalue weighted by molar-refractivity contribution is 5.99. The zero-order chi connectivity index (χ0) is 8.55. The molecule has 0 aliphatic heterocycles. The summed E-state index contributed by atoms with van der Waals surface area (Å²) in [5, 5.41) is 9.83. The first-order valence-electron chi connectivity index (χ1n) is 3.47. The summed E-state index contributed by atoms with van der Waals surface area (Å²) in [5.74, 6) is 0.0725. The molecule has 3 heteroatoms. The molecule has 0 atom stereocenters. The Kier molecular flexibility index (Phi) is 1.37. The van der Waals surface area contributed by atoms with Crippen LogP contribution in [0.3, 0.4) is 0 Å². The van der Waals surface area contributed by atoms with E-state index in [-0.39, 0.29) is 5.75 Å². The fraction of sp³-hybridized carbons (Fsp3) is 0. The summed E-state index contributed by atoms with van der Waals surface area (Å²) in [5.41, 5.74) is 0.903. The molecule has 0 aliphatic carbocycles. The molecule has 2 rings (SSSR count). The minimum absolute atomic E-state index is 0.0725. The molecular formula is C9H6O3. The first kappa shape index (κ1) is 6.91. The third-order valence-electron chi connectivity index (χ3n) is 1.73. The number of benzene rings is 1. The third kappa shape index (κ3) is 0.797. The van der Waals surface area contributed by atoms with Gasteiger partial charge in [-0.1, -0.05) is 6.07 Å². The van der Waals surface area contributed by atoms with Gasteiger partial charge in [0.2, 0.25) is 0 Å². The van der Waals surface area contributed by atoms with Gasteiger partial charge in [0.15, 0.2) is 6.29 Å². The van der Waals surface area contributed by atoms with Crippen LogP contribution in [0.5, 0.6) is 5.75 Å². The average Bonchev–Trinajstić information content (AvgIpc) is 2.49. The molecule has 0 spiro atoms. The van der Waals surface area contributed by atoms with E-state index in [4.69, 9.17) is 4.42 Å². The molecule has 1 aromatic heterocycles. The molecule has 0 aliphatic rings. The Labute approximate surface area is 68.2 Å². The normalized spacial score (nSPS) is 10.3. The van der Waals surface area contributed by atoms with Gasteiger partial charge in [0, 0.05) is 0 Å². The number of fused-ring (bicyclic) bond motifs is 1. The Morgan fingerprint density at radius 1 is 1.42 bits per heavy atom. The van der Waals surface area contributed by atoms with Crippen LogP contribution in [-0.4, -0.2) is 11.4 Å². The van der Waals surface area contributed by atoms with E-state index in [0.29, 0.717) is 22.8 Å². The van der Waals surface area contributed by atoms with Crippen molar-refractivity contribution in [3.63, 3.8) is 0 Å². The lowest BCUT2D eigenvalue weighted by molar-refractivity contribution is 0.112. The second-order valence-corrected chi connectivity index (χ2v) is 2.46. The Hall–Kier alpha value is -1.77. The molecule has 3 nitrogen and oxygen atoms in total. The van der Waals surface area contributed by atoms with Crippen LogP contribution in [-0.2, 0) is 0 Å². The van der Waals surface area contributed by atoms with Gasteiger partial charge < -0.3 is 9.52 Å². The molecule has 0 saturated heterocycles. The van der Waals surface area contributed by atoms with Crippen LogP contribution in [0.25, 0.3) is 11.0 Å². The minimum Gasteiger partial charge on any atom is -0.507 e. The molecule has 60 valence electrons. The number of furan rings is 1. The summed E-state index contributed by atoms with van der Waals surface area (Å²) in [4.78, 5) is 10.5. The van der Waals surface area contributed by atoms with Crippen LogP contribution in [0.2, 0.25) is 0 Å². The zero-order valence-electron chi connectivity index (χ0n) is 6.15. The van der Waals surface area contributed by atoms with Crippen molar-refractivity contribution in [1.29, 1.82) is 0 Å². The fourth-order valence-corrected chi connectivity index (χ4v) is 1.18. The zero-order valence-corrected chi connectivity index (χ0v) is 6.15. The first-order chi connectivity index (χ1) is 5.83. The van der Waals surface area contributed by atoms with Crippen LogP contribution in [0.4, 0.5) is 0 Å². The summed E-state index contributed by atoms with van der Waals surface area (Å²) in [6.07, 6.45) is 1.99. The van der Waals surface area contributed by atoms with Gasteiger partial charge in [0.1, 0.15) is 17.6 Å². The number of carbonyl (C=O) groups excluding carboxylic acids is 1. The smallest absolute Gasteiger partial charge is 0.154 e. The summed E-state index contributed by atoms with van der Waals surface area (Å²) >= 11 is 0. The van der Waals surface area contributed by atoms with Crippen LogP contribution in [0.15, 0.2) is 28.9 Å². The number of hydrogen-bond acceptors (Lipinski definition) is 3. The molecule has 0 unspecified atom stereocenters. The van der Waals surface area contributed by atoms with Crippen molar-refractivity contribution < 1.29 is 14.3 Å². The van der Waals surface area contributed by atoms with E-state index in [9.17, 15) is 9.90 Å². The SMILES string of the molecule is O=Cc1coc2cccc(O)c12. The number of aromatic hydroxyl groups is 1. The number of aldehydes is 1. The molecule has 1 heterocycles. The first-order valence-corrected chi connectivity index (χ1v) is 3.47. The Balaban J connectivity index is 2.91. The fourth-order valence-electron chi connectivity index (χ4n) is 1.18. The largest absolute Gasteiger partial charge is 0.507 e. The average molecular weight is 162 g/mol. The van der Waals surface area contributed by atoms with Crippen molar-refractivity contribution in [3.05, 3.63) is 30.0 Å². The molecule has 0 saturated carbocycles. The molecule has 0 radical (unpaired) electrons. The summed E-state index contributed by atoms with van der Waals surface area (Å²) < 4.78 is 5.03. The topological polar surface area (TPSA) is 50.4 Å². The summed E-state index contributed by atoms with van der Waals surface area (Å²) in [6, 6.07) is 4.88. The van der Waals surface area contributed by atoms with E-state index in [0.717, 1.165) is 0 Å². The maximum atomic E-state index is 10.5. The van der Waals surface area contributed by atoms with Gasteiger partial charge in [-0.15, -0.1) is 0 Å². The second-order valence-electron chi connectivity index (χ2n) is 2.46. The van der Waals surface area contributed by atoms with Crippen molar-refractivity contribution in [1.82, 2.24) is 0 Å². The number of carbonyl (C=O) groups is 1.